The number of hydrogen-bond acceptors (Lipinski definition) is 17. The maximum Gasteiger partial charge on any atom is 0.326 e. The fourth-order valence-electron chi connectivity index (χ4n) is 12.3. The van der Waals surface area contributed by atoms with Crippen molar-refractivity contribution in [3.8, 4) is 0 Å². The molecule has 18 N–H and O–H groups in total. The van der Waals surface area contributed by atoms with Crippen molar-refractivity contribution in [3.05, 3.63) is 54.1 Å². The zero-order valence-electron chi connectivity index (χ0n) is 52.9. The minimum atomic E-state index is -1.54. The predicted molar refractivity (Wildman–Crippen MR) is 332 cm³/mol. The van der Waals surface area contributed by atoms with Gasteiger partial charge in [0.2, 0.25) is 82.7 Å². The molecule has 2 aromatic rings. The van der Waals surface area contributed by atoms with Crippen LogP contribution in [-0.2, 0) is 84.8 Å². The highest BCUT2D eigenvalue weighted by Crippen LogP contribution is 2.26. The third kappa shape index (κ3) is 21.0. The van der Waals surface area contributed by atoms with E-state index in [2.05, 4.69) is 41.9 Å². The van der Waals surface area contributed by atoms with E-state index in [1.54, 1.807) is 44.2 Å². The van der Waals surface area contributed by atoms with Gasteiger partial charge in [-0.05, 0) is 95.0 Å². The maximum absolute atomic E-state index is 15.0. The lowest BCUT2D eigenvalue weighted by atomic mass is 10.0. The van der Waals surface area contributed by atoms with Crippen molar-refractivity contribution in [1.29, 1.82) is 0 Å². The van der Waals surface area contributed by atoms with Crippen LogP contribution in [0.5, 0.6) is 0 Å². The van der Waals surface area contributed by atoms with E-state index >= 15 is 4.79 Å². The molecule has 0 unspecified atom stereocenters. The van der Waals surface area contributed by atoms with Crippen LogP contribution in [0.2, 0.25) is 0 Å². The third-order valence-corrected chi connectivity index (χ3v) is 17.1. The summed E-state index contributed by atoms with van der Waals surface area (Å²) in [5.41, 5.74) is 28.8. The summed E-state index contributed by atoms with van der Waals surface area (Å²) in [4.78, 5) is 214. The number of rotatable bonds is 35. The van der Waals surface area contributed by atoms with E-state index in [0.717, 1.165) is 0 Å². The van der Waals surface area contributed by atoms with E-state index in [9.17, 15) is 72.2 Å². The molecule has 1 aromatic heterocycles. The number of nitrogens with one attached hydrogen (secondary N) is 7. The van der Waals surface area contributed by atoms with Crippen LogP contribution in [0, 0.1) is 5.92 Å². The van der Waals surface area contributed by atoms with Gasteiger partial charge in [0.15, 0.2) is 0 Å². The topological polar surface area (TPSA) is 520 Å². The maximum atomic E-state index is 15.0. The average molecular weight is 1320 g/mol. The Kier molecular flexibility index (Phi) is 27.3. The number of carbonyl (C=O) groups excluding carboxylic acids is 14. The molecule has 33 nitrogen and oxygen atoms in total. The number of carboxylic acids is 1. The average Bonchev–Trinajstić information content (AvgIpc) is 1.61. The number of imidazole rings is 1. The lowest BCUT2D eigenvalue weighted by Gasteiger charge is -2.33. The second kappa shape index (κ2) is 34.9. The molecule has 4 aliphatic rings. The number of H-pyrrole nitrogens is 1. The summed E-state index contributed by atoms with van der Waals surface area (Å²) in [5.74, 6) is -12.5. The van der Waals surface area contributed by atoms with E-state index in [1.165, 1.54) is 32.1 Å². The summed E-state index contributed by atoms with van der Waals surface area (Å²) in [5, 5.41) is 25.8. The normalized spacial score (nSPS) is 20.0. The summed E-state index contributed by atoms with van der Waals surface area (Å²) < 4.78 is 0. The molecule has 94 heavy (non-hydrogen) atoms. The molecule has 4 saturated heterocycles. The molecule has 0 spiro atoms. The van der Waals surface area contributed by atoms with E-state index in [1.807, 2.05) is 0 Å². The minimum Gasteiger partial charge on any atom is -0.480 e. The van der Waals surface area contributed by atoms with E-state index < -0.39 is 168 Å². The number of aromatic nitrogens is 2. The van der Waals surface area contributed by atoms with Gasteiger partial charge in [-0.15, -0.1) is 0 Å². The number of likely N-dealkylation sites (tertiary alicyclic amines) is 4. The Hall–Kier alpha value is -9.56. The molecule has 33 heteroatoms. The number of aliphatic carboxylic acids is 1. The standard InChI is InChI=1S/C61H89N17O16/c1-33(2)28-40(52(84)71-39(19-23-50(66)82)59(91)77-26-8-15-46(77)56(88)74-42(61(93)94)30-35-31-67-32-68-35)72-54(86)44-13-9-27-78(44)60(92)41(29-34-10-4-3-5-11-34)73-55(87)45-14-7-25-76(45)58(90)38(18-22-49(65)81)70-51(83)37(17-21-48(64)80)69-53(85)43-12-6-24-75(43)57(89)36(62)16-20-47(63)79/h3-5,10-11,31-33,36-46H,6-9,12-30,62H2,1-2H3,(H2,63,79)(H2,64,80)(H2,65,81)(H2,66,82)(H,67,68)(H,69,85)(H,70,83)(H,71,84)(H,72,86)(H,73,87)(H,74,88)(H,93,94)/t36-,37-,38-,39-,40-,41-,42-,43-,44-,45-,46-/m0/s1. The van der Waals surface area contributed by atoms with E-state index in [0.29, 0.717) is 30.5 Å². The first kappa shape index (κ1) is 73.5. The van der Waals surface area contributed by atoms with Gasteiger partial charge >= 0.3 is 5.97 Å². The van der Waals surface area contributed by atoms with Crippen LogP contribution in [0.3, 0.4) is 0 Å². The van der Waals surface area contributed by atoms with Crippen molar-refractivity contribution >= 4 is 88.7 Å². The van der Waals surface area contributed by atoms with Crippen LogP contribution in [0.15, 0.2) is 42.9 Å². The largest absolute Gasteiger partial charge is 0.480 e. The number of nitrogens with zero attached hydrogens (tertiary/aromatic N) is 5. The zero-order chi connectivity index (χ0) is 68.9. The van der Waals surface area contributed by atoms with E-state index in [4.69, 9.17) is 28.7 Å². The number of benzene rings is 1. The second-order valence-corrected chi connectivity index (χ2v) is 24.7. The van der Waals surface area contributed by atoms with Gasteiger partial charge in [0.25, 0.3) is 0 Å². The summed E-state index contributed by atoms with van der Waals surface area (Å²) in [6, 6.07) is -5.78. The minimum absolute atomic E-state index is 0.0234. The molecule has 4 fully saturated rings. The van der Waals surface area contributed by atoms with Crippen LogP contribution in [0.4, 0.5) is 0 Å². The predicted octanol–water partition coefficient (Wildman–Crippen LogP) is -4.41. The highest BCUT2D eigenvalue weighted by atomic mass is 16.4. The highest BCUT2D eigenvalue weighted by molar-refractivity contribution is 6.00. The highest BCUT2D eigenvalue weighted by Gasteiger charge is 2.45. The summed E-state index contributed by atoms with van der Waals surface area (Å²) in [6.45, 7) is 3.77. The first-order valence-corrected chi connectivity index (χ1v) is 31.8. The Morgan fingerprint density at radius 2 is 0.862 bits per heavy atom. The monoisotopic (exact) mass is 1320 g/mol. The van der Waals surface area contributed by atoms with Crippen LogP contribution in [-0.4, -0.2) is 216 Å². The van der Waals surface area contributed by atoms with Gasteiger partial charge in [0, 0.05) is 76.6 Å². The van der Waals surface area contributed by atoms with Crippen LogP contribution < -0.4 is 60.6 Å². The quantitative estimate of drug-likeness (QED) is 0.0310. The molecule has 14 amide bonds. The lowest BCUT2D eigenvalue weighted by Crippen LogP contribution is -2.60. The second-order valence-electron chi connectivity index (χ2n) is 24.7. The number of carboxylic acid groups (broad SMARTS) is 1. The lowest BCUT2D eigenvalue weighted by molar-refractivity contribution is -0.145. The van der Waals surface area contributed by atoms with Crippen molar-refractivity contribution in [1.82, 2.24) is 61.5 Å². The molecule has 1 aromatic carbocycles. The van der Waals surface area contributed by atoms with Gasteiger partial charge in [-0.3, -0.25) is 67.1 Å². The first-order valence-electron chi connectivity index (χ1n) is 31.8. The molecule has 514 valence electrons. The smallest absolute Gasteiger partial charge is 0.326 e. The molecular formula is C61H89N17O16. The number of primary amides is 4. The number of carbonyl (C=O) groups is 15. The Morgan fingerprint density at radius 3 is 1.27 bits per heavy atom. The molecule has 0 radical (unpaired) electrons. The number of amides is 14. The van der Waals surface area contributed by atoms with Crippen LogP contribution in [0.25, 0.3) is 0 Å². The van der Waals surface area contributed by atoms with Gasteiger partial charge in [-0.2, -0.15) is 0 Å². The number of aromatic amines is 1. The molecule has 5 heterocycles. The van der Waals surface area contributed by atoms with Crippen molar-refractivity contribution in [2.24, 2.45) is 34.6 Å². The Labute approximate surface area is 542 Å². The zero-order valence-corrected chi connectivity index (χ0v) is 52.9. The Bertz CT molecular complexity index is 3100. The Morgan fingerprint density at radius 1 is 0.489 bits per heavy atom. The number of nitrogens with two attached hydrogens (primary N) is 5. The molecule has 0 aliphatic carbocycles. The van der Waals surface area contributed by atoms with E-state index in [-0.39, 0.29) is 122 Å². The van der Waals surface area contributed by atoms with Crippen LogP contribution in [0.1, 0.15) is 134 Å². The molecule has 4 aliphatic heterocycles. The molecule has 0 saturated carbocycles. The SMILES string of the molecule is CC(C)C[C@H](NC(=O)[C@@H]1CCCN1C(=O)[C@H](Cc1ccccc1)NC(=O)[C@@H]1CCCN1C(=O)[C@H](CCC(N)=O)NC(=O)[C@H](CCC(N)=O)NC(=O)[C@@H]1CCCN1C(=O)[C@@H](N)CCC(N)=O)C(=O)N[C@@H](CCC(N)=O)C(=O)N1CCC[C@H]1C(=O)N[C@@H](Cc1cnc[nH]1)C(=O)O. The van der Waals surface area contributed by atoms with Crippen LogP contribution >= 0.6 is 0 Å². The van der Waals surface area contributed by atoms with Gasteiger partial charge in [-0.1, -0.05) is 44.2 Å². The van der Waals surface area contributed by atoms with Gasteiger partial charge < -0.3 is 90.3 Å². The third-order valence-electron chi connectivity index (χ3n) is 17.1. The molecule has 6 rings (SSSR count). The fraction of sp³-hybridized carbons (Fsp3) is 0.607. The van der Waals surface area contributed by atoms with Gasteiger partial charge in [0.1, 0.15) is 60.4 Å². The van der Waals surface area contributed by atoms with Crippen molar-refractivity contribution in [2.45, 2.75) is 202 Å². The van der Waals surface area contributed by atoms with Gasteiger partial charge in [0.05, 0.1) is 12.4 Å². The Balaban J connectivity index is 1.17. The van der Waals surface area contributed by atoms with Gasteiger partial charge in [-0.25, -0.2) is 9.78 Å². The molecule has 0 bridgehead atoms. The summed E-state index contributed by atoms with van der Waals surface area (Å²) in [6.07, 6.45) is 1.94. The van der Waals surface area contributed by atoms with Crippen molar-refractivity contribution in [2.75, 3.05) is 26.2 Å². The summed E-state index contributed by atoms with van der Waals surface area (Å²) in [7, 11) is 0. The first-order chi connectivity index (χ1) is 44.6. The molecule has 11 atom stereocenters. The molecular weight excluding hydrogens is 1230 g/mol. The van der Waals surface area contributed by atoms with Crippen molar-refractivity contribution in [3.63, 3.8) is 0 Å². The summed E-state index contributed by atoms with van der Waals surface area (Å²) >= 11 is 0. The fourth-order valence-corrected chi connectivity index (χ4v) is 12.3. The van der Waals surface area contributed by atoms with Crippen molar-refractivity contribution < 1.29 is 77.0 Å². The number of hydrogen-bond donors (Lipinski definition) is 13.